The van der Waals surface area contributed by atoms with Crippen LogP contribution in [0.1, 0.15) is 16.7 Å². The maximum Gasteiger partial charge on any atom is 0.266 e. The van der Waals surface area contributed by atoms with Crippen molar-refractivity contribution < 1.29 is 9.53 Å². The molecule has 0 bridgehead atoms. The highest BCUT2D eigenvalue weighted by molar-refractivity contribution is 9.10. The lowest BCUT2D eigenvalue weighted by atomic mass is 10.0. The molecule has 0 aliphatic heterocycles. The Balaban J connectivity index is 1.83. The van der Waals surface area contributed by atoms with Gasteiger partial charge in [0.25, 0.3) is 5.91 Å². The van der Waals surface area contributed by atoms with Crippen LogP contribution in [0.5, 0.6) is 5.75 Å². The average Bonchev–Trinajstić information content (AvgIpc) is 2.75. The smallest absolute Gasteiger partial charge is 0.266 e. The van der Waals surface area contributed by atoms with Crippen molar-refractivity contribution in [1.29, 1.82) is 5.26 Å². The maximum absolute atomic E-state index is 12.4. The molecule has 3 aromatic carbocycles. The Labute approximate surface area is 178 Å². The highest BCUT2D eigenvalue weighted by Crippen LogP contribution is 2.27. The third kappa shape index (κ3) is 5.34. The first-order valence-electron chi connectivity index (χ1n) is 8.99. The summed E-state index contributed by atoms with van der Waals surface area (Å²) in [6, 6.07) is 24.7. The Hall–Kier alpha value is -3.36. The molecule has 0 saturated heterocycles. The number of amides is 1. The molecule has 0 unspecified atom stereocenters. The van der Waals surface area contributed by atoms with Gasteiger partial charge in [0.2, 0.25) is 0 Å². The van der Waals surface area contributed by atoms with Crippen LogP contribution in [0.25, 0.3) is 6.08 Å². The summed E-state index contributed by atoms with van der Waals surface area (Å²) in [7, 11) is 1.61. The summed E-state index contributed by atoms with van der Waals surface area (Å²) in [5, 5.41) is 12.2. The number of nitrogens with one attached hydrogen (secondary N) is 1. The van der Waals surface area contributed by atoms with E-state index in [9.17, 15) is 10.1 Å². The summed E-state index contributed by atoms with van der Waals surface area (Å²) in [5.74, 6) is 0.255. The van der Waals surface area contributed by atoms with Crippen molar-refractivity contribution in [1.82, 2.24) is 0 Å². The molecule has 0 atom stereocenters. The number of methoxy groups -OCH3 is 1. The molecule has 0 heterocycles. The van der Waals surface area contributed by atoms with E-state index in [-0.39, 0.29) is 5.57 Å². The molecular formula is C24H19BrN2O2. The quantitative estimate of drug-likeness (QED) is 0.396. The number of hydrogen-bond donors (Lipinski definition) is 1. The number of ether oxygens (including phenoxy) is 1. The van der Waals surface area contributed by atoms with E-state index in [2.05, 4.69) is 27.3 Å². The lowest BCUT2D eigenvalue weighted by Crippen LogP contribution is -2.13. The molecule has 0 spiro atoms. The van der Waals surface area contributed by atoms with Gasteiger partial charge >= 0.3 is 0 Å². The number of nitriles is 1. The minimum absolute atomic E-state index is 0.0226. The van der Waals surface area contributed by atoms with Crippen LogP contribution in [-0.4, -0.2) is 13.0 Å². The van der Waals surface area contributed by atoms with E-state index in [4.69, 9.17) is 4.74 Å². The van der Waals surface area contributed by atoms with E-state index in [0.29, 0.717) is 17.9 Å². The van der Waals surface area contributed by atoms with Crippen LogP contribution in [0.15, 0.2) is 82.8 Å². The first kappa shape index (κ1) is 20.4. The molecule has 1 amide bonds. The Bertz CT molecular complexity index is 1090. The number of benzene rings is 3. The van der Waals surface area contributed by atoms with Gasteiger partial charge in [0, 0.05) is 16.6 Å². The zero-order valence-corrected chi connectivity index (χ0v) is 17.4. The van der Waals surface area contributed by atoms with Gasteiger partial charge < -0.3 is 10.1 Å². The second-order valence-electron chi connectivity index (χ2n) is 6.33. The first-order valence-corrected chi connectivity index (χ1v) is 9.78. The number of carbonyl (C=O) groups excluding carboxylic acids is 1. The summed E-state index contributed by atoms with van der Waals surface area (Å²) in [6.45, 7) is 0. The molecule has 29 heavy (non-hydrogen) atoms. The molecule has 1 N–H and O–H groups in total. The maximum atomic E-state index is 12.4. The fourth-order valence-corrected chi connectivity index (χ4v) is 3.30. The van der Waals surface area contributed by atoms with Crippen LogP contribution < -0.4 is 10.1 Å². The molecule has 3 rings (SSSR count). The Morgan fingerprint density at radius 2 is 1.79 bits per heavy atom. The molecule has 0 radical (unpaired) electrons. The van der Waals surface area contributed by atoms with Gasteiger partial charge in [-0.2, -0.15) is 5.26 Å². The molecule has 0 fully saturated rings. The lowest BCUT2D eigenvalue weighted by molar-refractivity contribution is -0.112. The fraction of sp³-hybridized carbons (Fsp3) is 0.0833. The van der Waals surface area contributed by atoms with E-state index >= 15 is 0 Å². The SMILES string of the molecule is COc1cc(/C=C(\C#N)C(=O)Nc2ccccc2)ccc1Cc1ccccc1Br. The van der Waals surface area contributed by atoms with E-state index in [0.717, 1.165) is 21.2 Å². The van der Waals surface area contributed by atoms with Crippen molar-refractivity contribution in [2.75, 3.05) is 12.4 Å². The van der Waals surface area contributed by atoms with Gasteiger partial charge in [-0.15, -0.1) is 0 Å². The molecule has 144 valence electrons. The predicted octanol–water partition coefficient (Wildman–Crippen LogP) is 5.59. The number of rotatable bonds is 6. The molecule has 5 heteroatoms. The average molecular weight is 447 g/mol. The molecule has 4 nitrogen and oxygen atoms in total. The summed E-state index contributed by atoms with van der Waals surface area (Å²) in [6.07, 6.45) is 2.26. The Kier molecular flexibility index (Phi) is 6.83. The normalized spacial score (nSPS) is 10.9. The number of nitrogens with zero attached hydrogens (tertiary/aromatic N) is 1. The molecule has 3 aromatic rings. The van der Waals surface area contributed by atoms with Gasteiger partial charge in [0.05, 0.1) is 7.11 Å². The third-order valence-electron chi connectivity index (χ3n) is 4.36. The second kappa shape index (κ2) is 9.72. The number of carbonyl (C=O) groups is 1. The number of anilines is 1. The number of hydrogen-bond acceptors (Lipinski definition) is 3. The first-order chi connectivity index (χ1) is 14.1. The predicted molar refractivity (Wildman–Crippen MR) is 119 cm³/mol. The van der Waals surface area contributed by atoms with Gasteiger partial charge in [-0.3, -0.25) is 4.79 Å². The lowest BCUT2D eigenvalue weighted by Gasteiger charge is -2.11. The van der Waals surface area contributed by atoms with Gasteiger partial charge in [-0.05, 0) is 47.0 Å². The Morgan fingerprint density at radius 3 is 2.48 bits per heavy atom. The highest BCUT2D eigenvalue weighted by atomic mass is 79.9. The van der Waals surface area contributed by atoms with Crippen LogP contribution >= 0.6 is 15.9 Å². The Morgan fingerprint density at radius 1 is 1.07 bits per heavy atom. The zero-order chi connectivity index (χ0) is 20.6. The molecule has 0 aliphatic rings. The standard InChI is InChI=1S/C24H19BrN2O2/c1-29-23-14-17(11-12-19(23)15-18-7-5-6-10-22(18)25)13-20(16-26)24(28)27-21-8-3-2-4-9-21/h2-14H,15H2,1H3,(H,27,28)/b20-13+. The van der Waals surface area contributed by atoms with Gasteiger partial charge in [0.15, 0.2) is 0 Å². The van der Waals surface area contributed by atoms with E-state index < -0.39 is 5.91 Å². The van der Waals surface area contributed by atoms with Crippen LogP contribution in [0.4, 0.5) is 5.69 Å². The summed E-state index contributed by atoms with van der Waals surface area (Å²) in [4.78, 5) is 12.4. The van der Waals surface area contributed by atoms with E-state index in [1.54, 1.807) is 25.3 Å². The number of halogens is 1. The van der Waals surface area contributed by atoms with Crippen LogP contribution in [-0.2, 0) is 11.2 Å². The van der Waals surface area contributed by atoms with Crippen molar-refractivity contribution in [3.8, 4) is 11.8 Å². The van der Waals surface area contributed by atoms with Crippen LogP contribution in [0.2, 0.25) is 0 Å². The third-order valence-corrected chi connectivity index (χ3v) is 5.13. The summed E-state index contributed by atoms with van der Waals surface area (Å²) < 4.78 is 6.58. The number of para-hydroxylation sites is 1. The fourth-order valence-electron chi connectivity index (χ4n) is 2.88. The topological polar surface area (TPSA) is 62.1 Å². The van der Waals surface area contributed by atoms with Crippen molar-refractivity contribution in [3.05, 3.63) is 99.5 Å². The summed E-state index contributed by atoms with van der Waals surface area (Å²) in [5.41, 5.74) is 3.55. The van der Waals surface area contributed by atoms with Crippen LogP contribution in [0.3, 0.4) is 0 Å². The van der Waals surface area contributed by atoms with E-state index in [1.807, 2.05) is 60.7 Å². The van der Waals surface area contributed by atoms with Gasteiger partial charge in [0.1, 0.15) is 17.4 Å². The zero-order valence-electron chi connectivity index (χ0n) is 15.9. The van der Waals surface area contributed by atoms with Crippen molar-refractivity contribution >= 4 is 33.6 Å². The van der Waals surface area contributed by atoms with Crippen molar-refractivity contribution in [3.63, 3.8) is 0 Å². The van der Waals surface area contributed by atoms with E-state index in [1.165, 1.54) is 0 Å². The van der Waals surface area contributed by atoms with Crippen LogP contribution in [0, 0.1) is 11.3 Å². The largest absolute Gasteiger partial charge is 0.496 e. The van der Waals surface area contributed by atoms with Gasteiger partial charge in [-0.1, -0.05) is 64.5 Å². The second-order valence-corrected chi connectivity index (χ2v) is 7.18. The van der Waals surface area contributed by atoms with Crippen molar-refractivity contribution in [2.24, 2.45) is 0 Å². The molecule has 0 saturated carbocycles. The van der Waals surface area contributed by atoms with Crippen molar-refractivity contribution in [2.45, 2.75) is 6.42 Å². The minimum Gasteiger partial charge on any atom is -0.496 e. The molecule has 0 aliphatic carbocycles. The molecular weight excluding hydrogens is 428 g/mol. The minimum atomic E-state index is -0.449. The highest BCUT2D eigenvalue weighted by Gasteiger charge is 2.11. The molecule has 0 aromatic heterocycles. The monoisotopic (exact) mass is 446 g/mol. The van der Waals surface area contributed by atoms with Gasteiger partial charge in [-0.25, -0.2) is 0 Å². The summed E-state index contributed by atoms with van der Waals surface area (Å²) >= 11 is 3.57.